The molecule has 1 aromatic carbocycles. The van der Waals surface area contributed by atoms with Gasteiger partial charge in [0, 0.05) is 0 Å². The normalized spacial score (nSPS) is 18.7. The summed E-state index contributed by atoms with van der Waals surface area (Å²) in [7, 11) is 0. The molecule has 1 aromatic rings. The van der Waals surface area contributed by atoms with Gasteiger partial charge in [-0.1, -0.05) is 12.0 Å². The van der Waals surface area contributed by atoms with Crippen LogP contribution in [-0.4, -0.2) is 18.6 Å². The first-order valence-electron chi connectivity index (χ1n) is 5.15. The van der Waals surface area contributed by atoms with Crippen molar-refractivity contribution in [1.82, 2.24) is 0 Å². The van der Waals surface area contributed by atoms with Gasteiger partial charge in [-0.25, -0.2) is 0 Å². The Morgan fingerprint density at radius 3 is 3.00 bits per heavy atom. The Bertz CT molecular complexity index is 473. The van der Waals surface area contributed by atoms with Crippen LogP contribution < -0.4 is 9.64 Å². The molecule has 1 heterocycles. The minimum absolute atomic E-state index is 0.0886. The molecule has 1 amide bonds. The summed E-state index contributed by atoms with van der Waals surface area (Å²) >= 11 is 0. The molecule has 0 fully saturated rings. The number of hydrogen-bond acceptors (Lipinski definition) is 2. The van der Waals surface area contributed by atoms with Crippen molar-refractivity contribution in [2.24, 2.45) is 0 Å². The molecule has 0 aromatic heterocycles. The second kappa shape index (κ2) is 3.90. The van der Waals surface area contributed by atoms with Crippen molar-refractivity contribution in [3.8, 4) is 18.1 Å². The molecule has 3 nitrogen and oxygen atoms in total. The summed E-state index contributed by atoms with van der Waals surface area (Å²) in [6.07, 6.45) is 4.80. The number of terminal acetylenes is 1. The quantitative estimate of drug-likeness (QED) is 0.668. The summed E-state index contributed by atoms with van der Waals surface area (Å²) in [6.45, 7) is 4.00. The van der Waals surface area contributed by atoms with Crippen LogP contribution in [0, 0.1) is 19.3 Å². The van der Waals surface area contributed by atoms with Gasteiger partial charge in [-0.15, -0.1) is 6.42 Å². The SMILES string of the molecule is C#CCN1C(=O)C(C)Oc2cc(C)ccc21. The lowest BCUT2D eigenvalue weighted by molar-refractivity contribution is -0.125. The molecule has 0 saturated carbocycles. The predicted octanol–water partition coefficient (Wildman–Crippen LogP) is 1.74. The number of benzene rings is 1. The number of carbonyl (C=O) groups is 1. The molecule has 0 N–H and O–H groups in total. The van der Waals surface area contributed by atoms with Crippen LogP contribution in [0.25, 0.3) is 0 Å². The van der Waals surface area contributed by atoms with Gasteiger partial charge in [-0.05, 0) is 31.5 Å². The Morgan fingerprint density at radius 1 is 1.56 bits per heavy atom. The van der Waals surface area contributed by atoms with E-state index in [1.165, 1.54) is 0 Å². The molecule has 1 aliphatic heterocycles. The number of carbonyl (C=O) groups excluding carboxylic acids is 1. The van der Waals surface area contributed by atoms with E-state index < -0.39 is 6.10 Å². The lowest BCUT2D eigenvalue weighted by atomic mass is 10.1. The third-order valence-electron chi connectivity index (χ3n) is 2.57. The molecule has 2 rings (SSSR count). The highest BCUT2D eigenvalue weighted by atomic mass is 16.5. The third kappa shape index (κ3) is 1.63. The summed E-state index contributed by atoms with van der Waals surface area (Å²) in [5, 5.41) is 0. The van der Waals surface area contributed by atoms with Gasteiger partial charge in [0.1, 0.15) is 5.75 Å². The first kappa shape index (κ1) is 10.6. The summed E-state index contributed by atoms with van der Waals surface area (Å²) in [6, 6.07) is 5.72. The highest BCUT2D eigenvalue weighted by Gasteiger charge is 2.30. The van der Waals surface area contributed by atoms with Crippen LogP contribution in [0.2, 0.25) is 0 Å². The van der Waals surface area contributed by atoms with E-state index in [0.29, 0.717) is 0 Å². The number of nitrogens with zero attached hydrogens (tertiary/aromatic N) is 1. The molecule has 0 saturated heterocycles. The van der Waals surface area contributed by atoms with Crippen LogP contribution >= 0.6 is 0 Å². The van der Waals surface area contributed by atoms with Crippen molar-refractivity contribution >= 4 is 11.6 Å². The van der Waals surface area contributed by atoms with E-state index in [9.17, 15) is 4.79 Å². The average molecular weight is 215 g/mol. The van der Waals surface area contributed by atoms with Gasteiger partial charge in [0.2, 0.25) is 0 Å². The molecule has 1 aliphatic rings. The van der Waals surface area contributed by atoms with Crippen molar-refractivity contribution in [3.63, 3.8) is 0 Å². The molecule has 1 unspecified atom stereocenters. The van der Waals surface area contributed by atoms with Crippen molar-refractivity contribution in [2.75, 3.05) is 11.4 Å². The average Bonchev–Trinajstić information content (AvgIpc) is 2.24. The number of rotatable bonds is 1. The highest BCUT2D eigenvalue weighted by Crippen LogP contribution is 2.34. The largest absolute Gasteiger partial charge is 0.479 e. The minimum atomic E-state index is -0.470. The van der Waals surface area contributed by atoms with Crippen molar-refractivity contribution < 1.29 is 9.53 Å². The van der Waals surface area contributed by atoms with E-state index in [1.54, 1.807) is 11.8 Å². The Hall–Kier alpha value is -1.95. The van der Waals surface area contributed by atoms with Gasteiger partial charge < -0.3 is 4.74 Å². The molecule has 82 valence electrons. The number of hydrogen-bond donors (Lipinski definition) is 0. The minimum Gasteiger partial charge on any atom is -0.479 e. The maximum atomic E-state index is 11.9. The Balaban J connectivity index is 2.48. The zero-order valence-corrected chi connectivity index (χ0v) is 9.36. The number of aryl methyl sites for hydroxylation is 1. The molecule has 0 spiro atoms. The predicted molar refractivity (Wildman–Crippen MR) is 62.5 cm³/mol. The second-order valence-electron chi connectivity index (χ2n) is 3.86. The van der Waals surface area contributed by atoms with Crippen molar-refractivity contribution in [2.45, 2.75) is 20.0 Å². The van der Waals surface area contributed by atoms with Crippen LogP contribution in [-0.2, 0) is 4.79 Å². The summed E-state index contributed by atoms with van der Waals surface area (Å²) in [5.74, 6) is 3.13. The zero-order chi connectivity index (χ0) is 11.7. The standard InChI is InChI=1S/C13H13NO2/c1-4-7-14-11-6-5-9(2)8-12(11)16-10(3)13(14)15/h1,5-6,8,10H,7H2,2-3H3. The van der Waals surface area contributed by atoms with E-state index in [4.69, 9.17) is 11.2 Å². The lowest BCUT2D eigenvalue weighted by Gasteiger charge is -2.31. The van der Waals surface area contributed by atoms with Gasteiger partial charge in [0.15, 0.2) is 6.10 Å². The van der Waals surface area contributed by atoms with E-state index in [0.717, 1.165) is 17.0 Å². The van der Waals surface area contributed by atoms with Crippen molar-refractivity contribution in [3.05, 3.63) is 23.8 Å². The Kier molecular flexibility index (Phi) is 2.57. The third-order valence-corrected chi connectivity index (χ3v) is 2.57. The monoisotopic (exact) mass is 215 g/mol. The highest BCUT2D eigenvalue weighted by molar-refractivity contribution is 6.00. The van der Waals surface area contributed by atoms with E-state index in [1.807, 2.05) is 25.1 Å². The molecule has 0 aliphatic carbocycles. The van der Waals surface area contributed by atoms with Crippen LogP contribution in [0.15, 0.2) is 18.2 Å². The summed E-state index contributed by atoms with van der Waals surface area (Å²) < 4.78 is 5.54. The molecular formula is C13H13NO2. The summed E-state index contributed by atoms with van der Waals surface area (Å²) in [5.41, 5.74) is 1.85. The molecule has 3 heteroatoms. The smallest absolute Gasteiger partial charge is 0.268 e. The van der Waals surface area contributed by atoms with Gasteiger partial charge in [-0.2, -0.15) is 0 Å². The fourth-order valence-corrected chi connectivity index (χ4v) is 1.77. The Morgan fingerprint density at radius 2 is 2.31 bits per heavy atom. The lowest BCUT2D eigenvalue weighted by Crippen LogP contribution is -2.44. The summed E-state index contributed by atoms with van der Waals surface area (Å²) in [4.78, 5) is 13.5. The number of fused-ring (bicyclic) bond motifs is 1. The Labute approximate surface area is 95.0 Å². The van der Waals surface area contributed by atoms with E-state index in [-0.39, 0.29) is 12.5 Å². The van der Waals surface area contributed by atoms with Crippen LogP contribution in [0.1, 0.15) is 12.5 Å². The maximum Gasteiger partial charge on any atom is 0.268 e. The van der Waals surface area contributed by atoms with Gasteiger partial charge in [-0.3, -0.25) is 9.69 Å². The first-order chi connectivity index (χ1) is 7.63. The number of ether oxygens (including phenoxy) is 1. The van der Waals surface area contributed by atoms with Crippen LogP contribution in [0.3, 0.4) is 0 Å². The first-order valence-corrected chi connectivity index (χ1v) is 5.15. The van der Waals surface area contributed by atoms with Gasteiger partial charge in [0.05, 0.1) is 12.2 Å². The molecular weight excluding hydrogens is 202 g/mol. The number of amides is 1. The van der Waals surface area contributed by atoms with Crippen molar-refractivity contribution in [1.29, 1.82) is 0 Å². The fraction of sp³-hybridized carbons (Fsp3) is 0.308. The van der Waals surface area contributed by atoms with E-state index >= 15 is 0 Å². The molecule has 0 radical (unpaired) electrons. The fourth-order valence-electron chi connectivity index (χ4n) is 1.77. The molecule has 1 atom stereocenters. The van der Waals surface area contributed by atoms with Gasteiger partial charge >= 0.3 is 0 Å². The zero-order valence-electron chi connectivity index (χ0n) is 9.36. The van der Waals surface area contributed by atoms with Crippen LogP contribution in [0.4, 0.5) is 5.69 Å². The van der Waals surface area contributed by atoms with Gasteiger partial charge in [0.25, 0.3) is 5.91 Å². The van der Waals surface area contributed by atoms with Crippen LogP contribution in [0.5, 0.6) is 5.75 Å². The second-order valence-corrected chi connectivity index (χ2v) is 3.86. The van der Waals surface area contributed by atoms with E-state index in [2.05, 4.69) is 5.92 Å². The maximum absolute atomic E-state index is 11.9. The molecule has 0 bridgehead atoms. The number of anilines is 1. The molecule has 16 heavy (non-hydrogen) atoms. The topological polar surface area (TPSA) is 29.5 Å².